The summed E-state index contributed by atoms with van der Waals surface area (Å²) < 4.78 is 5.68. The first-order valence-corrected chi connectivity index (χ1v) is 6.72. The number of nitrogens with one attached hydrogen (secondary N) is 1. The van der Waals surface area contributed by atoms with Crippen molar-refractivity contribution in [3.8, 4) is 5.75 Å². The molecule has 2 nitrogen and oxygen atoms in total. The molecule has 0 aliphatic heterocycles. The number of ether oxygens (including phenoxy) is 1. The van der Waals surface area contributed by atoms with Gasteiger partial charge in [0, 0.05) is 29.6 Å². The Morgan fingerprint density at radius 3 is 2.88 bits per heavy atom. The van der Waals surface area contributed by atoms with E-state index >= 15 is 0 Å². The van der Waals surface area contributed by atoms with Crippen molar-refractivity contribution in [2.45, 2.75) is 25.8 Å². The van der Waals surface area contributed by atoms with Crippen molar-refractivity contribution in [1.29, 1.82) is 0 Å². The highest BCUT2D eigenvalue weighted by Crippen LogP contribution is 2.28. The Labute approximate surface area is 112 Å². The monoisotopic (exact) mass is 273 g/mol. The van der Waals surface area contributed by atoms with E-state index in [0.717, 1.165) is 12.6 Å². The second kappa shape index (κ2) is 5.94. The lowest BCUT2D eigenvalue weighted by molar-refractivity contribution is 0.255. The van der Waals surface area contributed by atoms with Crippen molar-refractivity contribution in [1.82, 2.24) is 5.32 Å². The van der Waals surface area contributed by atoms with Gasteiger partial charge in [0.05, 0.1) is 11.6 Å². The number of halogens is 2. The highest BCUT2D eigenvalue weighted by molar-refractivity contribution is 6.34. The van der Waals surface area contributed by atoms with Gasteiger partial charge in [0.15, 0.2) is 0 Å². The van der Waals surface area contributed by atoms with Gasteiger partial charge in [0.25, 0.3) is 0 Å². The summed E-state index contributed by atoms with van der Waals surface area (Å²) in [5, 5.41) is 4.73. The molecule has 1 unspecified atom stereocenters. The third-order valence-corrected chi connectivity index (χ3v) is 3.30. The summed E-state index contributed by atoms with van der Waals surface area (Å²) in [5.41, 5.74) is 0. The van der Waals surface area contributed by atoms with Crippen LogP contribution in [0.25, 0.3) is 0 Å². The summed E-state index contributed by atoms with van der Waals surface area (Å²) >= 11 is 11.9. The first-order chi connectivity index (χ1) is 8.15. The van der Waals surface area contributed by atoms with Gasteiger partial charge < -0.3 is 10.1 Å². The van der Waals surface area contributed by atoms with Crippen LogP contribution in [0.15, 0.2) is 18.2 Å². The Hall–Kier alpha value is -0.440. The van der Waals surface area contributed by atoms with Crippen LogP contribution in [0.4, 0.5) is 0 Å². The van der Waals surface area contributed by atoms with Gasteiger partial charge in [-0.25, -0.2) is 0 Å². The number of hydrogen-bond donors (Lipinski definition) is 1. The average Bonchev–Trinajstić information content (AvgIpc) is 3.11. The minimum Gasteiger partial charge on any atom is -0.492 e. The zero-order chi connectivity index (χ0) is 12.3. The molecule has 1 aromatic rings. The van der Waals surface area contributed by atoms with E-state index in [2.05, 4.69) is 12.2 Å². The van der Waals surface area contributed by atoms with Crippen molar-refractivity contribution in [3.63, 3.8) is 0 Å². The Morgan fingerprint density at radius 2 is 2.18 bits per heavy atom. The number of hydrogen-bond acceptors (Lipinski definition) is 2. The summed E-state index contributed by atoms with van der Waals surface area (Å²) in [7, 11) is 0. The fourth-order valence-electron chi connectivity index (χ4n) is 1.53. The molecule has 0 spiro atoms. The lowest BCUT2D eigenvalue weighted by atomic mass is 10.2. The summed E-state index contributed by atoms with van der Waals surface area (Å²) in [6.07, 6.45) is 2.63. The van der Waals surface area contributed by atoms with Gasteiger partial charge in [-0.3, -0.25) is 0 Å². The Morgan fingerprint density at radius 1 is 1.41 bits per heavy atom. The molecule has 1 aromatic carbocycles. The molecule has 0 heterocycles. The van der Waals surface area contributed by atoms with E-state index in [0.29, 0.717) is 28.3 Å². The largest absolute Gasteiger partial charge is 0.492 e. The van der Waals surface area contributed by atoms with E-state index in [-0.39, 0.29) is 0 Å². The molecule has 0 amide bonds. The quantitative estimate of drug-likeness (QED) is 0.852. The smallest absolute Gasteiger partial charge is 0.139 e. The molecule has 1 aliphatic carbocycles. The van der Waals surface area contributed by atoms with Crippen LogP contribution < -0.4 is 10.1 Å². The zero-order valence-electron chi connectivity index (χ0n) is 9.88. The molecule has 1 aliphatic rings. The zero-order valence-corrected chi connectivity index (χ0v) is 11.4. The van der Waals surface area contributed by atoms with Crippen LogP contribution in [0, 0.1) is 5.92 Å². The van der Waals surface area contributed by atoms with Gasteiger partial charge in [-0.2, -0.15) is 0 Å². The molecule has 0 bridgehead atoms. The van der Waals surface area contributed by atoms with E-state index in [9.17, 15) is 0 Å². The van der Waals surface area contributed by atoms with E-state index < -0.39 is 0 Å². The molecule has 2 rings (SSSR count). The first-order valence-electron chi connectivity index (χ1n) is 5.96. The highest BCUT2D eigenvalue weighted by atomic mass is 35.5. The van der Waals surface area contributed by atoms with Crippen LogP contribution in [0.3, 0.4) is 0 Å². The Balaban J connectivity index is 1.77. The van der Waals surface area contributed by atoms with E-state index in [1.165, 1.54) is 12.8 Å². The van der Waals surface area contributed by atoms with Gasteiger partial charge in [-0.1, -0.05) is 30.1 Å². The molecule has 1 fully saturated rings. The lowest BCUT2D eigenvalue weighted by Crippen LogP contribution is -2.26. The van der Waals surface area contributed by atoms with Crippen LogP contribution in [0.1, 0.15) is 19.8 Å². The van der Waals surface area contributed by atoms with Crippen molar-refractivity contribution in [2.24, 2.45) is 5.92 Å². The molecular weight excluding hydrogens is 257 g/mol. The van der Waals surface area contributed by atoms with Gasteiger partial charge in [-0.15, -0.1) is 0 Å². The first kappa shape index (κ1) is 13.0. The molecular formula is C13H17Cl2NO. The van der Waals surface area contributed by atoms with Gasteiger partial charge in [-0.05, 0) is 25.0 Å². The van der Waals surface area contributed by atoms with E-state index in [4.69, 9.17) is 27.9 Å². The van der Waals surface area contributed by atoms with Crippen LogP contribution in [-0.4, -0.2) is 19.2 Å². The molecule has 0 saturated heterocycles. The molecule has 94 valence electrons. The van der Waals surface area contributed by atoms with Crippen LogP contribution in [0.2, 0.25) is 10.0 Å². The third kappa shape index (κ3) is 4.38. The van der Waals surface area contributed by atoms with E-state index in [1.807, 2.05) is 0 Å². The van der Waals surface area contributed by atoms with Crippen molar-refractivity contribution < 1.29 is 4.74 Å². The topological polar surface area (TPSA) is 21.3 Å². The minimum absolute atomic E-state index is 0.464. The Kier molecular flexibility index (Phi) is 4.55. The van der Waals surface area contributed by atoms with Gasteiger partial charge >= 0.3 is 0 Å². The van der Waals surface area contributed by atoms with Gasteiger partial charge in [0.1, 0.15) is 5.75 Å². The summed E-state index contributed by atoms with van der Waals surface area (Å²) in [6.45, 7) is 3.80. The maximum absolute atomic E-state index is 6.02. The molecule has 17 heavy (non-hydrogen) atoms. The second-order valence-corrected chi connectivity index (χ2v) is 5.52. The SMILES string of the molecule is CC(CNC1CC1)COc1cc(Cl)ccc1Cl. The molecule has 4 heteroatoms. The molecule has 0 radical (unpaired) electrons. The highest BCUT2D eigenvalue weighted by Gasteiger charge is 2.20. The molecule has 1 saturated carbocycles. The molecule has 0 aromatic heterocycles. The molecule has 1 N–H and O–H groups in total. The standard InChI is InChI=1S/C13H17Cl2NO/c1-9(7-16-11-3-4-11)8-17-13-6-10(14)2-5-12(13)15/h2,5-6,9,11,16H,3-4,7-8H2,1H3. The number of rotatable bonds is 6. The maximum atomic E-state index is 6.02. The van der Waals surface area contributed by atoms with Crippen LogP contribution >= 0.6 is 23.2 Å². The van der Waals surface area contributed by atoms with Crippen molar-refractivity contribution >= 4 is 23.2 Å². The summed E-state index contributed by atoms with van der Waals surface area (Å²) in [4.78, 5) is 0. The summed E-state index contributed by atoms with van der Waals surface area (Å²) in [6, 6.07) is 6.01. The normalized spacial score (nSPS) is 16.9. The van der Waals surface area contributed by atoms with Crippen LogP contribution in [-0.2, 0) is 0 Å². The van der Waals surface area contributed by atoms with Crippen molar-refractivity contribution in [3.05, 3.63) is 28.2 Å². The number of benzene rings is 1. The lowest BCUT2D eigenvalue weighted by Gasteiger charge is -2.14. The predicted octanol–water partition coefficient (Wildman–Crippen LogP) is 3.76. The molecule has 1 atom stereocenters. The maximum Gasteiger partial charge on any atom is 0.139 e. The second-order valence-electron chi connectivity index (χ2n) is 4.67. The fourth-order valence-corrected chi connectivity index (χ4v) is 1.87. The Bertz CT molecular complexity index is 380. The summed E-state index contributed by atoms with van der Waals surface area (Å²) in [5.74, 6) is 1.13. The predicted molar refractivity (Wildman–Crippen MR) is 72.1 cm³/mol. The average molecular weight is 274 g/mol. The van der Waals surface area contributed by atoms with Gasteiger partial charge in [0.2, 0.25) is 0 Å². The third-order valence-electron chi connectivity index (χ3n) is 2.75. The minimum atomic E-state index is 0.464. The van der Waals surface area contributed by atoms with Crippen LogP contribution in [0.5, 0.6) is 5.75 Å². The van der Waals surface area contributed by atoms with E-state index in [1.54, 1.807) is 18.2 Å². The van der Waals surface area contributed by atoms with Crippen molar-refractivity contribution in [2.75, 3.05) is 13.2 Å². The fraction of sp³-hybridized carbons (Fsp3) is 0.538.